The molecule has 0 saturated carbocycles. The van der Waals surface area contributed by atoms with Crippen molar-refractivity contribution in [2.24, 2.45) is 0 Å². The van der Waals surface area contributed by atoms with E-state index in [1.54, 1.807) is 0 Å². The van der Waals surface area contributed by atoms with Crippen LogP contribution in [0.25, 0.3) is 0 Å². The van der Waals surface area contributed by atoms with Gasteiger partial charge >= 0.3 is 0 Å². The van der Waals surface area contributed by atoms with Crippen molar-refractivity contribution in [3.05, 3.63) is 53.7 Å². The molecule has 2 aromatic rings. The quantitative estimate of drug-likeness (QED) is 0.865. The van der Waals surface area contributed by atoms with Crippen molar-refractivity contribution in [3.63, 3.8) is 0 Å². The van der Waals surface area contributed by atoms with Crippen LogP contribution in [0, 0.1) is 11.6 Å². The van der Waals surface area contributed by atoms with E-state index in [4.69, 9.17) is 0 Å². The summed E-state index contributed by atoms with van der Waals surface area (Å²) in [5.41, 5.74) is -0.405. The summed E-state index contributed by atoms with van der Waals surface area (Å²) in [4.78, 5) is 16.1. The molecule has 6 nitrogen and oxygen atoms in total. The summed E-state index contributed by atoms with van der Waals surface area (Å²) < 4.78 is 50.0. The minimum Gasteiger partial charge on any atom is -0.366 e. The van der Waals surface area contributed by atoms with Gasteiger partial charge in [-0.1, -0.05) is 6.07 Å². The summed E-state index contributed by atoms with van der Waals surface area (Å²) in [6.45, 7) is 0. The minimum absolute atomic E-state index is 0.0451. The number of anilines is 2. The molecule has 3 rings (SSSR count). The molecule has 132 valence electrons. The minimum atomic E-state index is -3.01. The van der Waals surface area contributed by atoms with E-state index in [1.807, 2.05) is 0 Å². The van der Waals surface area contributed by atoms with Crippen molar-refractivity contribution in [2.75, 3.05) is 22.1 Å². The van der Waals surface area contributed by atoms with Crippen LogP contribution in [0.3, 0.4) is 0 Å². The number of pyridine rings is 1. The van der Waals surface area contributed by atoms with Crippen LogP contribution in [0.15, 0.2) is 36.5 Å². The molecule has 1 amide bonds. The maximum atomic E-state index is 13.6. The van der Waals surface area contributed by atoms with Gasteiger partial charge < -0.3 is 10.6 Å². The molecule has 2 N–H and O–H groups in total. The molecule has 1 aliphatic rings. The number of nitrogens with zero attached hydrogens (tertiary/aromatic N) is 1. The van der Waals surface area contributed by atoms with Crippen LogP contribution in [0.5, 0.6) is 0 Å². The van der Waals surface area contributed by atoms with Crippen LogP contribution in [0.2, 0.25) is 0 Å². The van der Waals surface area contributed by atoms with Gasteiger partial charge in [0.15, 0.2) is 9.84 Å². The fourth-order valence-electron chi connectivity index (χ4n) is 2.53. The number of hydrogen-bond acceptors (Lipinski definition) is 5. The Labute approximate surface area is 143 Å². The average Bonchev–Trinajstić information content (AvgIpc) is 2.90. The Morgan fingerprint density at radius 2 is 1.88 bits per heavy atom. The summed E-state index contributed by atoms with van der Waals surface area (Å²) in [5, 5.41) is 5.16. The Morgan fingerprint density at radius 3 is 2.44 bits per heavy atom. The number of carbonyl (C=O) groups is 1. The molecule has 9 heteroatoms. The Bertz CT molecular complexity index is 881. The van der Waals surface area contributed by atoms with Gasteiger partial charge in [-0.3, -0.25) is 4.79 Å². The van der Waals surface area contributed by atoms with Gasteiger partial charge in [-0.2, -0.15) is 0 Å². The normalized spacial score (nSPS) is 18.7. The third-order valence-electron chi connectivity index (χ3n) is 3.81. The Hall–Kier alpha value is -2.55. The fourth-order valence-corrected chi connectivity index (χ4v) is 4.21. The number of nitrogens with one attached hydrogen (secondary N) is 2. The lowest BCUT2D eigenvalue weighted by Crippen LogP contribution is -2.21. The molecule has 2 heterocycles. The number of benzene rings is 1. The van der Waals surface area contributed by atoms with Gasteiger partial charge in [0, 0.05) is 12.2 Å². The van der Waals surface area contributed by atoms with Crippen molar-refractivity contribution < 1.29 is 22.0 Å². The van der Waals surface area contributed by atoms with E-state index in [1.165, 1.54) is 24.4 Å². The fraction of sp³-hybridized carbons (Fsp3) is 0.250. The van der Waals surface area contributed by atoms with E-state index in [0.717, 1.165) is 12.1 Å². The van der Waals surface area contributed by atoms with Crippen LogP contribution < -0.4 is 10.6 Å². The summed E-state index contributed by atoms with van der Waals surface area (Å²) in [7, 11) is -3.01. The highest BCUT2D eigenvalue weighted by Gasteiger charge is 2.27. The lowest BCUT2D eigenvalue weighted by Gasteiger charge is -2.12. The van der Waals surface area contributed by atoms with Crippen LogP contribution in [-0.4, -0.2) is 36.9 Å². The molecule has 1 atom stereocenters. The monoisotopic (exact) mass is 367 g/mol. The first-order valence-corrected chi connectivity index (χ1v) is 9.34. The van der Waals surface area contributed by atoms with Crippen molar-refractivity contribution in [1.29, 1.82) is 0 Å². The highest BCUT2D eigenvalue weighted by Crippen LogP contribution is 2.20. The molecular formula is C16H15F2N3O3S. The Balaban J connectivity index is 1.67. The van der Waals surface area contributed by atoms with E-state index in [0.29, 0.717) is 12.2 Å². The molecule has 1 fully saturated rings. The standard InChI is InChI=1S/C16H15F2N3O3S/c17-12-2-1-3-13(18)15(12)21-16(22)10-4-5-14(19-8-10)20-11-6-7-25(23,24)9-11/h1-5,8,11H,6-7,9H2,(H,19,20)(H,21,22). The van der Waals surface area contributed by atoms with Gasteiger partial charge in [-0.25, -0.2) is 22.2 Å². The van der Waals surface area contributed by atoms with E-state index >= 15 is 0 Å². The van der Waals surface area contributed by atoms with Crippen LogP contribution in [-0.2, 0) is 9.84 Å². The second kappa shape index (κ2) is 6.75. The highest BCUT2D eigenvalue weighted by molar-refractivity contribution is 7.91. The van der Waals surface area contributed by atoms with E-state index in [2.05, 4.69) is 15.6 Å². The lowest BCUT2D eigenvalue weighted by molar-refractivity contribution is 0.102. The number of sulfone groups is 1. The molecule has 0 bridgehead atoms. The van der Waals surface area contributed by atoms with Gasteiger partial charge in [-0.15, -0.1) is 0 Å². The maximum absolute atomic E-state index is 13.6. The van der Waals surface area contributed by atoms with Crippen LogP contribution in [0.1, 0.15) is 16.8 Å². The number of carbonyl (C=O) groups excluding carboxylic acids is 1. The van der Waals surface area contributed by atoms with Crippen LogP contribution in [0.4, 0.5) is 20.3 Å². The summed E-state index contributed by atoms with van der Waals surface area (Å²) >= 11 is 0. The third-order valence-corrected chi connectivity index (χ3v) is 5.58. The second-order valence-electron chi connectivity index (χ2n) is 5.73. The first kappa shape index (κ1) is 17.3. The van der Waals surface area contributed by atoms with Gasteiger partial charge in [0.2, 0.25) is 0 Å². The number of aromatic nitrogens is 1. The largest absolute Gasteiger partial charge is 0.366 e. The zero-order valence-corrected chi connectivity index (χ0v) is 13.8. The van der Waals surface area contributed by atoms with Crippen molar-refractivity contribution in [3.8, 4) is 0 Å². The third kappa shape index (κ3) is 4.11. The van der Waals surface area contributed by atoms with Crippen molar-refractivity contribution in [1.82, 2.24) is 4.98 Å². The first-order chi connectivity index (χ1) is 11.8. The Kier molecular flexibility index (Phi) is 4.67. The second-order valence-corrected chi connectivity index (χ2v) is 7.96. The summed E-state index contributed by atoms with van der Waals surface area (Å²) in [5.74, 6) is -1.84. The van der Waals surface area contributed by atoms with Crippen molar-refractivity contribution in [2.45, 2.75) is 12.5 Å². The molecule has 0 aliphatic carbocycles. The zero-order valence-electron chi connectivity index (χ0n) is 13.0. The number of rotatable bonds is 4. The van der Waals surface area contributed by atoms with E-state index < -0.39 is 33.1 Å². The molecule has 1 aliphatic heterocycles. The summed E-state index contributed by atoms with van der Waals surface area (Å²) in [6.07, 6.45) is 1.75. The molecular weight excluding hydrogens is 352 g/mol. The maximum Gasteiger partial charge on any atom is 0.257 e. The first-order valence-electron chi connectivity index (χ1n) is 7.52. The van der Waals surface area contributed by atoms with Crippen molar-refractivity contribution >= 4 is 27.2 Å². The lowest BCUT2D eigenvalue weighted by atomic mass is 10.2. The zero-order chi connectivity index (χ0) is 18.0. The molecule has 0 radical (unpaired) electrons. The molecule has 25 heavy (non-hydrogen) atoms. The molecule has 0 spiro atoms. The predicted molar refractivity (Wildman–Crippen MR) is 89.2 cm³/mol. The molecule has 1 unspecified atom stereocenters. The number of para-hydroxylation sites is 1. The Morgan fingerprint density at radius 1 is 1.16 bits per heavy atom. The number of amides is 1. The van der Waals surface area contributed by atoms with Crippen LogP contribution >= 0.6 is 0 Å². The van der Waals surface area contributed by atoms with Gasteiger partial charge in [0.25, 0.3) is 5.91 Å². The van der Waals surface area contributed by atoms with Gasteiger partial charge in [0.1, 0.15) is 23.1 Å². The SMILES string of the molecule is O=C(Nc1c(F)cccc1F)c1ccc(NC2CCS(=O)(=O)C2)nc1. The highest BCUT2D eigenvalue weighted by atomic mass is 32.2. The molecule has 1 aromatic heterocycles. The smallest absolute Gasteiger partial charge is 0.257 e. The predicted octanol–water partition coefficient (Wildman–Crippen LogP) is 2.21. The number of halogens is 2. The topological polar surface area (TPSA) is 88.2 Å². The van der Waals surface area contributed by atoms with Gasteiger partial charge in [0.05, 0.1) is 17.1 Å². The van der Waals surface area contributed by atoms with Gasteiger partial charge in [-0.05, 0) is 30.7 Å². The number of hydrogen-bond donors (Lipinski definition) is 2. The van der Waals surface area contributed by atoms with E-state index in [9.17, 15) is 22.0 Å². The van der Waals surface area contributed by atoms with E-state index in [-0.39, 0.29) is 23.1 Å². The molecule has 1 saturated heterocycles. The average molecular weight is 367 g/mol. The summed E-state index contributed by atoms with van der Waals surface area (Å²) in [6, 6.07) is 6.01. The molecule has 1 aromatic carbocycles.